The van der Waals surface area contributed by atoms with Crippen molar-refractivity contribution in [2.24, 2.45) is 0 Å². The largest absolute Gasteiger partial charge is 0.492 e. The van der Waals surface area contributed by atoms with Gasteiger partial charge in [0, 0.05) is 21.2 Å². The SMILES string of the molecule is O=C(O)c1cccc(OCCNc2cc(Br)ccc2Br)c1. The summed E-state index contributed by atoms with van der Waals surface area (Å²) in [6.45, 7) is 1.04. The van der Waals surface area contributed by atoms with Gasteiger partial charge in [0.2, 0.25) is 0 Å². The van der Waals surface area contributed by atoms with Crippen molar-refractivity contribution in [3.63, 3.8) is 0 Å². The van der Waals surface area contributed by atoms with Gasteiger partial charge in [0.1, 0.15) is 12.4 Å². The average Bonchev–Trinajstić information content (AvgIpc) is 2.47. The molecule has 0 radical (unpaired) electrons. The molecule has 2 N–H and O–H groups in total. The van der Waals surface area contributed by atoms with Crippen molar-refractivity contribution in [2.75, 3.05) is 18.5 Å². The number of hydrogen-bond acceptors (Lipinski definition) is 3. The zero-order valence-electron chi connectivity index (χ0n) is 11.0. The normalized spacial score (nSPS) is 10.2. The minimum atomic E-state index is -0.961. The summed E-state index contributed by atoms with van der Waals surface area (Å²) < 4.78 is 7.50. The fourth-order valence-corrected chi connectivity index (χ4v) is 2.45. The standard InChI is InChI=1S/C15H13Br2NO3/c16-11-4-5-13(17)14(9-11)18-6-7-21-12-3-1-2-10(8-12)15(19)20/h1-5,8-9,18H,6-7H2,(H,19,20). The second-order valence-electron chi connectivity index (χ2n) is 4.23. The van der Waals surface area contributed by atoms with Crippen LogP contribution in [0.4, 0.5) is 5.69 Å². The molecule has 2 rings (SSSR count). The molecule has 0 aromatic heterocycles. The number of nitrogens with one attached hydrogen (secondary N) is 1. The number of carbonyl (C=O) groups is 1. The van der Waals surface area contributed by atoms with E-state index in [1.54, 1.807) is 12.1 Å². The molecule has 2 aromatic carbocycles. The van der Waals surface area contributed by atoms with Gasteiger partial charge < -0.3 is 15.2 Å². The summed E-state index contributed by atoms with van der Waals surface area (Å²) in [6.07, 6.45) is 0. The first-order chi connectivity index (χ1) is 10.1. The summed E-state index contributed by atoms with van der Waals surface area (Å²) in [5, 5.41) is 12.2. The number of ether oxygens (including phenoxy) is 1. The lowest BCUT2D eigenvalue weighted by Gasteiger charge is -2.10. The topological polar surface area (TPSA) is 58.6 Å². The van der Waals surface area contributed by atoms with Gasteiger partial charge in [0.05, 0.1) is 5.56 Å². The molecule has 6 heteroatoms. The van der Waals surface area contributed by atoms with Crippen LogP contribution in [0, 0.1) is 0 Å². The smallest absolute Gasteiger partial charge is 0.335 e. The van der Waals surface area contributed by atoms with Gasteiger partial charge in [-0.2, -0.15) is 0 Å². The summed E-state index contributed by atoms with van der Waals surface area (Å²) in [6, 6.07) is 12.3. The van der Waals surface area contributed by atoms with Crippen molar-refractivity contribution < 1.29 is 14.6 Å². The highest BCUT2D eigenvalue weighted by Crippen LogP contribution is 2.25. The molecule has 0 unspecified atom stereocenters. The van der Waals surface area contributed by atoms with Crippen LogP contribution in [0.2, 0.25) is 0 Å². The molecule has 0 aliphatic carbocycles. The Bertz CT molecular complexity index is 647. The van der Waals surface area contributed by atoms with Crippen LogP contribution in [0.3, 0.4) is 0 Å². The van der Waals surface area contributed by atoms with E-state index in [1.165, 1.54) is 12.1 Å². The van der Waals surface area contributed by atoms with E-state index in [1.807, 2.05) is 18.2 Å². The maximum Gasteiger partial charge on any atom is 0.335 e. The summed E-state index contributed by atoms with van der Waals surface area (Å²) in [4.78, 5) is 10.9. The number of benzene rings is 2. The monoisotopic (exact) mass is 413 g/mol. The molecule has 0 amide bonds. The van der Waals surface area contributed by atoms with Crippen molar-refractivity contribution in [3.05, 3.63) is 57.0 Å². The second kappa shape index (κ2) is 7.47. The van der Waals surface area contributed by atoms with E-state index in [9.17, 15) is 4.79 Å². The quantitative estimate of drug-likeness (QED) is 0.687. The number of anilines is 1. The maximum atomic E-state index is 10.9. The first-order valence-corrected chi connectivity index (χ1v) is 7.80. The highest BCUT2D eigenvalue weighted by molar-refractivity contribution is 9.11. The molecule has 0 bridgehead atoms. The van der Waals surface area contributed by atoms with Gasteiger partial charge in [0.25, 0.3) is 0 Å². The predicted octanol–water partition coefficient (Wildman–Crippen LogP) is 4.40. The lowest BCUT2D eigenvalue weighted by molar-refractivity contribution is 0.0696. The van der Waals surface area contributed by atoms with E-state index in [-0.39, 0.29) is 5.56 Å². The lowest BCUT2D eigenvalue weighted by atomic mass is 10.2. The van der Waals surface area contributed by atoms with Crippen LogP contribution in [0.5, 0.6) is 5.75 Å². The third-order valence-electron chi connectivity index (χ3n) is 2.70. The zero-order chi connectivity index (χ0) is 15.2. The molecule has 0 saturated heterocycles. The van der Waals surface area contributed by atoms with Crippen molar-refractivity contribution in [3.8, 4) is 5.75 Å². The molecular formula is C15H13Br2NO3. The molecule has 0 aliphatic rings. The Balaban J connectivity index is 1.86. The maximum absolute atomic E-state index is 10.9. The van der Waals surface area contributed by atoms with E-state index in [2.05, 4.69) is 37.2 Å². The Hall–Kier alpha value is -1.53. The third-order valence-corrected chi connectivity index (χ3v) is 3.88. The van der Waals surface area contributed by atoms with Crippen LogP contribution < -0.4 is 10.1 Å². The molecule has 0 heterocycles. The Morgan fingerprint density at radius 2 is 2.00 bits per heavy atom. The third kappa shape index (κ3) is 4.75. The van der Waals surface area contributed by atoms with E-state index in [0.717, 1.165) is 14.6 Å². The van der Waals surface area contributed by atoms with E-state index in [4.69, 9.17) is 9.84 Å². The average molecular weight is 415 g/mol. The van der Waals surface area contributed by atoms with Crippen LogP contribution in [0.25, 0.3) is 0 Å². The molecule has 2 aromatic rings. The van der Waals surface area contributed by atoms with Gasteiger partial charge in [0.15, 0.2) is 0 Å². The van der Waals surface area contributed by atoms with Crippen LogP contribution >= 0.6 is 31.9 Å². The lowest BCUT2D eigenvalue weighted by Crippen LogP contribution is -2.12. The molecular weight excluding hydrogens is 402 g/mol. The fourth-order valence-electron chi connectivity index (χ4n) is 1.71. The number of hydrogen-bond donors (Lipinski definition) is 2. The predicted molar refractivity (Wildman–Crippen MR) is 89.2 cm³/mol. The Morgan fingerprint density at radius 1 is 1.19 bits per heavy atom. The van der Waals surface area contributed by atoms with Crippen LogP contribution in [0.1, 0.15) is 10.4 Å². The van der Waals surface area contributed by atoms with Crippen molar-refractivity contribution in [2.45, 2.75) is 0 Å². The van der Waals surface area contributed by atoms with Crippen molar-refractivity contribution in [1.82, 2.24) is 0 Å². The van der Waals surface area contributed by atoms with Gasteiger partial charge in [-0.25, -0.2) is 4.79 Å². The molecule has 0 spiro atoms. The van der Waals surface area contributed by atoms with Gasteiger partial charge in [-0.15, -0.1) is 0 Å². The second-order valence-corrected chi connectivity index (χ2v) is 6.00. The van der Waals surface area contributed by atoms with Gasteiger partial charge in [-0.05, 0) is 52.3 Å². The molecule has 21 heavy (non-hydrogen) atoms. The number of carboxylic acids is 1. The summed E-state index contributed by atoms with van der Waals surface area (Å²) >= 11 is 6.88. The van der Waals surface area contributed by atoms with Gasteiger partial charge >= 0.3 is 5.97 Å². The Morgan fingerprint density at radius 3 is 2.76 bits per heavy atom. The van der Waals surface area contributed by atoms with E-state index >= 15 is 0 Å². The Labute approximate surface area is 139 Å². The first kappa shape index (κ1) is 15.9. The van der Waals surface area contributed by atoms with Gasteiger partial charge in [-0.3, -0.25) is 0 Å². The number of rotatable bonds is 6. The molecule has 0 saturated carbocycles. The molecule has 0 fully saturated rings. The Kier molecular flexibility index (Phi) is 5.64. The van der Waals surface area contributed by atoms with E-state index < -0.39 is 5.97 Å². The minimum absolute atomic E-state index is 0.218. The van der Waals surface area contributed by atoms with Crippen LogP contribution in [-0.4, -0.2) is 24.2 Å². The van der Waals surface area contributed by atoms with E-state index in [0.29, 0.717) is 18.9 Å². The minimum Gasteiger partial charge on any atom is -0.492 e. The number of halogens is 2. The van der Waals surface area contributed by atoms with Crippen molar-refractivity contribution in [1.29, 1.82) is 0 Å². The highest BCUT2D eigenvalue weighted by atomic mass is 79.9. The van der Waals surface area contributed by atoms with Gasteiger partial charge in [-0.1, -0.05) is 22.0 Å². The molecule has 0 atom stereocenters. The molecule has 4 nitrogen and oxygen atoms in total. The molecule has 110 valence electrons. The van der Waals surface area contributed by atoms with Crippen LogP contribution in [-0.2, 0) is 0 Å². The number of aromatic carboxylic acids is 1. The zero-order valence-corrected chi connectivity index (χ0v) is 14.1. The molecule has 0 aliphatic heterocycles. The van der Waals surface area contributed by atoms with Crippen LogP contribution in [0.15, 0.2) is 51.4 Å². The van der Waals surface area contributed by atoms with Crippen molar-refractivity contribution >= 4 is 43.5 Å². The number of carboxylic acid groups (broad SMARTS) is 1. The summed E-state index contributed by atoms with van der Waals surface area (Å²) in [7, 11) is 0. The first-order valence-electron chi connectivity index (χ1n) is 6.21. The summed E-state index contributed by atoms with van der Waals surface area (Å²) in [5.74, 6) is -0.415. The fraction of sp³-hybridized carbons (Fsp3) is 0.133. The highest BCUT2D eigenvalue weighted by Gasteiger charge is 2.04. The summed E-state index contributed by atoms with van der Waals surface area (Å²) in [5.41, 5.74) is 1.18.